The van der Waals surface area contributed by atoms with Gasteiger partial charge in [-0.2, -0.15) is 0 Å². The number of rotatable bonds is 4. The first-order valence-electron chi connectivity index (χ1n) is 6.63. The lowest BCUT2D eigenvalue weighted by atomic mass is 10.1. The van der Waals surface area contributed by atoms with Gasteiger partial charge in [-0.3, -0.25) is 0 Å². The molecular formula is C16H18ClN3. The largest absolute Gasteiger partial charge is 0.383 e. The summed E-state index contributed by atoms with van der Waals surface area (Å²) in [6.07, 6.45) is 7.26. The van der Waals surface area contributed by atoms with Crippen LogP contribution < -0.4 is 5.73 Å². The molecule has 0 saturated carbocycles. The highest BCUT2D eigenvalue weighted by Crippen LogP contribution is 2.30. The predicted octanol–water partition coefficient (Wildman–Crippen LogP) is 3.68. The van der Waals surface area contributed by atoms with Crippen molar-refractivity contribution in [2.45, 2.75) is 33.2 Å². The Bertz CT molecular complexity index is 665. The molecule has 1 aromatic carbocycles. The molecule has 0 radical (unpaired) electrons. The average molecular weight is 288 g/mol. The lowest BCUT2D eigenvalue weighted by molar-refractivity contribution is 0.733. The number of halogens is 1. The van der Waals surface area contributed by atoms with Crippen LogP contribution in [0.5, 0.6) is 0 Å². The van der Waals surface area contributed by atoms with Crippen LogP contribution in [-0.2, 0) is 13.0 Å². The number of aromatic nitrogens is 2. The number of aryl methyl sites for hydroxylation is 2. The first-order chi connectivity index (χ1) is 9.58. The molecule has 0 spiro atoms. The van der Waals surface area contributed by atoms with Crippen molar-refractivity contribution >= 4 is 17.4 Å². The summed E-state index contributed by atoms with van der Waals surface area (Å²) >= 11 is 6.18. The molecule has 0 unspecified atom stereocenters. The van der Waals surface area contributed by atoms with Gasteiger partial charge in [-0.15, -0.1) is 6.42 Å². The number of hydrogen-bond acceptors (Lipinski definition) is 2. The van der Waals surface area contributed by atoms with Gasteiger partial charge in [0.15, 0.2) is 0 Å². The second-order valence-corrected chi connectivity index (χ2v) is 5.17. The zero-order chi connectivity index (χ0) is 14.7. The van der Waals surface area contributed by atoms with Crippen molar-refractivity contribution in [1.82, 2.24) is 9.55 Å². The molecule has 0 aliphatic heterocycles. The molecule has 0 fully saturated rings. The van der Waals surface area contributed by atoms with Crippen LogP contribution in [0.15, 0.2) is 18.2 Å². The lowest BCUT2D eigenvalue weighted by Gasteiger charge is -2.05. The van der Waals surface area contributed by atoms with E-state index in [1.165, 1.54) is 0 Å². The molecule has 0 atom stereocenters. The van der Waals surface area contributed by atoms with E-state index in [2.05, 4.69) is 17.8 Å². The molecule has 0 amide bonds. The van der Waals surface area contributed by atoms with Gasteiger partial charge in [0.25, 0.3) is 0 Å². The van der Waals surface area contributed by atoms with Crippen LogP contribution >= 0.6 is 11.6 Å². The third-order valence-corrected chi connectivity index (χ3v) is 3.66. The minimum absolute atomic E-state index is 0.438. The molecule has 0 aliphatic carbocycles. The Hall–Kier alpha value is -1.92. The van der Waals surface area contributed by atoms with Gasteiger partial charge in [0, 0.05) is 17.0 Å². The molecule has 20 heavy (non-hydrogen) atoms. The van der Waals surface area contributed by atoms with Crippen molar-refractivity contribution in [2.75, 3.05) is 5.73 Å². The van der Waals surface area contributed by atoms with Crippen LogP contribution in [-0.4, -0.2) is 9.55 Å². The van der Waals surface area contributed by atoms with Crippen molar-refractivity contribution in [3.8, 4) is 23.6 Å². The van der Waals surface area contributed by atoms with E-state index in [1.807, 2.05) is 29.7 Å². The number of imidazole rings is 1. The minimum Gasteiger partial charge on any atom is -0.383 e. The van der Waals surface area contributed by atoms with E-state index < -0.39 is 0 Å². The van der Waals surface area contributed by atoms with Crippen LogP contribution in [0.2, 0.25) is 5.02 Å². The van der Waals surface area contributed by atoms with Crippen molar-refractivity contribution in [3.63, 3.8) is 0 Å². The van der Waals surface area contributed by atoms with Crippen molar-refractivity contribution in [1.29, 1.82) is 0 Å². The summed E-state index contributed by atoms with van der Waals surface area (Å²) in [5.41, 5.74) is 8.91. The maximum absolute atomic E-state index is 6.20. The van der Waals surface area contributed by atoms with Gasteiger partial charge >= 0.3 is 0 Å². The van der Waals surface area contributed by atoms with E-state index in [0.717, 1.165) is 35.5 Å². The summed E-state index contributed by atoms with van der Waals surface area (Å²) in [5.74, 6) is 4.15. The predicted molar refractivity (Wildman–Crippen MR) is 84.7 cm³/mol. The SMILES string of the molecule is C#CCn1c(CCC)nc(-c2ccc(C)c(Cl)c2)c1N. The summed E-state index contributed by atoms with van der Waals surface area (Å²) in [6.45, 7) is 4.51. The van der Waals surface area contributed by atoms with E-state index in [-0.39, 0.29) is 0 Å². The zero-order valence-corrected chi connectivity index (χ0v) is 12.5. The highest BCUT2D eigenvalue weighted by Gasteiger charge is 2.15. The van der Waals surface area contributed by atoms with Gasteiger partial charge in [0.05, 0.1) is 6.54 Å². The molecule has 2 rings (SSSR count). The van der Waals surface area contributed by atoms with Crippen LogP contribution in [0.1, 0.15) is 24.7 Å². The van der Waals surface area contributed by atoms with E-state index in [4.69, 9.17) is 23.8 Å². The number of nitrogens with two attached hydrogens (primary N) is 1. The quantitative estimate of drug-likeness (QED) is 0.872. The molecular weight excluding hydrogens is 270 g/mol. The molecule has 0 saturated heterocycles. The minimum atomic E-state index is 0.438. The van der Waals surface area contributed by atoms with E-state index in [1.54, 1.807) is 0 Å². The fourth-order valence-electron chi connectivity index (χ4n) is 2.15. The van der Waals surface area contributed by atoms with Crippen LogP contribution in [0, 0.1) is 19.3 Å². The van der Waals surface area contributed by atoms with Gasteiger partial charge in [-0.25, -0.2) is 4.98 Å². The molecule has 3 nitrogen and oxygen atoms in total. The first kappa shape index (κ1) is 14.5. The number of terminal acetylenes is 1. The first-order valence-corrected chi connectivity index (χ1v) is 7.01. The fraction of sp³-hybridized carbons (Fsp3) is 0.312. The van der Waals surface area contributed by atoms with Crippen LogP contribution in [0.3, 0.4) is 0 Å². The highest BCUT2D eigenvalue weighted by molar-refractivity contribution is 6.31. The van der Waals surface area contributed by atoms with Crippen molar-refractivity contribution in [3.05, 3.63) is 34.6 Å². The Morgan fingerprint density at radius 1 is 1.45 bits per heavy atom. The molecule has 104 valence electrons. The molecule has 2 N–H and O–H groups in total. The summed E-state index contributed by atoms with van der Waals surface area (Å²) < 4.78 is 1.90. The smallest absolute Gasteiger partial charge is 0.132 e. The van der Waals surface area contributed by atoms with Gasteiger partial charge < -0.3 is 10.3 Å². The summed E-state index contributed by atoms with van der Waals surface area (Å²) in [6, 6.07) is 5.85. The molecule has 4 heteroatoms. The Morgan fingerprint density at radius 3 is 2.80 bits per heavy atom. The van der Waals surface area contributed by atoms with Crippen LogP contribution in [0.4, 0.5) is 5.82 Å². The molecule has 1 aromatic heterocycles. The number of nitrogens with zero attached hydrogens (tertiary/aromatic N) is 2. The van der Waals surface area contributed by atoms with Crippen molar-refractivity contribution < 1.29 is 0 Å². The number of nitrogen functional groups attached to an aromatic ring is 1. The Kier molecular flexibility index (Phi) is 4.36. The molecule has 1 heterocycles. The van der Waals surface area contributed by atoms with Gasteiger partial charge in [-0.1, -0.05) is 36.6 Å². The summed E-state index contributed by atoms with van der Waals surface area (Å²) in [4.78, 5) is 4.64. The monoisotopic (exact) mass is 287 g/mol. The third-order valence-electron chi connectivity index (χ3n) is 3.25. The van der Waals surface area contributed by atoms with Crippen LogP contribution in [0.25, 0.3) is 11.3 Å². The lowest BCUT2D eigenvalue weighted by Crippen LogP contribution is -2.06. The highest BCUT2D eigenvalue weighted by atomic mass is 35.5. The van der Waals surface area contributed by atoms with Gasteiger partial charge in [0.2, 0.25) is 0 Å². The maximum atomic E-state index is 6.20. The Morgan fingerprint density at radius 2 is 2.20 bits per heavy atom. The Labute approximate surface area is 124 Å². The fourth-order valence-corrected chi connectivity index (χ4v) is 2.33. The van der Waals surface area contributed by atoms with E-state index in [0.29, 0.717) is 17.4 Å². The van der Waals surface area contributed by atoms with Gasteiger partial charge in [-0.05, 0) is 25.0 Å². The second kappa shape index (κ2) is 6.02. The average Bonchev–Trinajstić information content (AvgIpc) is 2.72. The summed E-state index contributed by atoms with van der Waals surface area (Å²) in [7, 11) is 0. The standard InChI is InChI=1S/C16H18ClN3/c1-4-6-14-19-15(16(18)20(14)9-5-2)12-8-7-11(3)13(17)10-12/h2,7-8,10H,4,6,9,18H2,1,3H3. The summed E-state index contributed by atoms with van der Waals surface area (Å²) in [5, 5.41) is 0.713. The normalized spacial score (nSPS) is 10.5. The maximum Gasteiger partial charge on any atom is 0.132 e. The third kappa shape index (κ3) is 2.66. The van der Waals surface area contributed by atoms with Gasteiger partial charge in [0.1, 0.15) is 17.3 Å². The zero-order valence-electron chi connectivity index (χ0n) is 11.8. The molecule has 2 aromatic rings. The molecule has 0 aliphatic rings. The topological polar surface area (TPSA) is 43.8 Å². The second-order valence-electron chi connectivity index (χ2n) is 4.77. The van der Waals surface area contributed by atoms with E-state index in [9.17, 15) is 0 Å². The Balaban J connectivity index is 2.54. The van der Waals surface area contributed by atoms with E-state index >= 15 is 0 Å². The number of anilines is 1. The van der Waals surface area contributed by atoms with Crippen molar-refractivity contribution in [2.24, 2.45) is 0 Å². The number of benzene rings is 1. The molecule has 0 bridgehead atoms. The number of hydrogen-bond donors (Lipinski definition) is 1.